The zero-order valence-electron chi connectivity index (χ0n) is 19.4. The van der Waals surface area contributed by atoms with E-state index < -0.39 is 0 Å². The Balaban J connectivity index is 1.29. The topological polar surface area (TPSA) is 82.3 Å². The number of aromatic nitrogens is 1. The second-order valence-corrected chi connectivity index (χ2v) is 9.15. The third kappa shape index (κ3) is 4.85. The van der Waals surface area contributed by atoms with Crippen LogP contribution in [0.2, 0.25) is 5.02 Å². The van der Waals surface area contributed by atoms with Gasteiger partial charge in [0.2, 0.25) is 0 Å². The normalized spacial score (nSPS) is 19.5. The summed E-state index contributed by atoms with van der Waals surface area (Å²) >= 11 is 6.05. The smallest absolute Gasteiger partial charge is 0.260 e. The van der Waals surface area contributed by atoms with Crippen LogP contribution < -0.4 is 0 Å². The van der Waals surface area contributed by atoms with Crippen LogP contribution in [0.4, 0.5) is 0 Å². The lowest BCUT2D eigenvalue weighted by molar-refractivity contribution is -0.139. The van der Waals surface area contributed by atoms with Gasteiger partial charge in [-0.2, -0.15) is 5.10 Å². The van der Waals surface area contributed by atoms with Gasteiger partial charge in [-0.1, -0.05) is 23.7 Å². The van der Waals surface area contributed by atoms with Gasteiger partial charge >= 0.3 is 0 Å². The molecule has 1 fully saturated rings. The molecule has 2 aromatic heterocycles. The summed E-state index contributed by atoms with van der Waals surface area (Å²) in [7, 11) is 0. The summed E-state index contributed by atoms with van der Waals surface area (Å²) in [6.07, 6.45) is 5.41. The Morgan fingerprint density at radius 1 is 1.03 bits per heavy atom. The molecular weight excluding hydrogens is 466 g/mol. The lowest BCUT2D eigenvalue weighted by Crippen LogP contribution is -2.55. The van der Waals surface area contributed by atoms with E-state index in [1.54, 1.807) is 35.8 Å². The first-order chi connectivity index (χ1) is 17.0. The Hall–Kier alpha value is -3.49. The van der Waals surface area contributed by atoms with E-state index in [0.717, 1.165) is 11.3 Å². The number of rotatable bonds is 5. The van der Waals surface area contributed by atoms with Crippen molar-refractivity contribution in [2.45, 2.75) is 25.4 Å². The third-order valence-corrected chi connectivity index (χ3v) is 6.87. The van der Waals surface area contributed by atoms with Crippen molar-refractivity contribution in [2.24, 2.45) is 5.10 Å². The average molecular weight is 492 g/mol. The van der Waals surface area contributed by atoms with Crippen molar-refractivity contribution in [1.82, 2.24) is 19.8 Å². The van der Waals surface area contributed by atoms with Gasteiger partial charge < -0.3 is 9.32 Å². The van der Waals surface area contributed by atoms with Crippen molar-refractivity contribution in [3.63, 3.8) is 0 Å². The predicted molar refractivity (Wildman–Crippen MR) is 132 cm³/mol. The molecule has 0 unspecified atom stereocenters. The molecule has 9 heteroatoms. The van der Waals surface area contributed by atoms with E-state index in [4.69, 9.17) is 21.1 Å². The van der Waals surface area contributed by atoms with Crippen LogP contribution in [0.5, 0.6) is 0 Å². The highest BCUT2D eigenvalue weighted by molar-refractivity contribution is 6.30. The minimum atomic E-state index is -0.390. The lowest BCUT2D eigenvalue weighted by atomic mass is 10.0. The summed E-state index contributed by atoms with van der Waals surface area (Å²) in [6.45, 7) is 4.23. The highest BCUT2D eigenvalue weighted by Gasteiger charge is 2.39. The van der Waals surface area contributed by atoms with Gasteiger partial charge in [-0.05, 0) is 48.9 Å². The van der Waals surface area contributed by atoms with Crippen LogP contribution in [-0.2, 0) is 4.79 Å². The van der Waals surface area contributed by atoms with Gasteiger partial charge in [0.05, 0.1) is 18.0 Å². The zero-order chi connectivity index (χ0) is 24.4. The van der Waals surface area contributed by atoms with Gasteiger partial charge in [0, 0.05) is 55.6 Å². The minimum Gasteiger partial charge on any atom is -0.467 e. The monoisotopic (exact) mass is 491 g/mol. The summed E-state index contributed by atoms with van der Waals surface area (Å²) in [5, 5.41) is 6.93. The van der Waals surface area contributed by atoms with E-state index in [1.807, 2.05) is 48.2 Å². The van der Waals surface area contributed by atoms with Gasteiger partial charge in [-0.15, -0.1) is 0 Å². The minimum absolute atomic E-state index is 0.0133. The van der Waals surface area contributed by atoms with Gasteiger partial charge in [0.1, 0.15) is 11.8 Å². The zero-order valence-corrected chi connectivity index (χ0v) is 20.1. The van der Waals surface area contributed by atoms with Crippen LogP contribution in [0.1, 0.15) is 41.1 Å². The maximum Gasteiger partial charge on any atom is 0.260 e. The largest absolute Gasteiger partial charge is 0.467 e. The van der Waals surface area contributed by atoms with E-state index in [1.165, 1.54) is 0 Å². The molecule has 0 saturated carbocycles. The fourth-order valence-corrected chi connectivity index (χ4v) is 4.70. The summed E-state index contributed by atoms with van der Waals surface area (Å²) in [5.41, 5.74) is 2.37. The van der Waals surface area contributed by atoms with E-state index >= 15 is 0 Å². The summed E-state index contributed by atoms with van der Waals surface area (Å²) < 4.78 is 5.66. The molecule has 0 aliphatic carbocycles. The summed E-state index contributed by atoms with van der Waals surface area (Å²) in [5.74, 6) is 0.593. The van der Waals surface area contributed by atoms with Crippen molar-refractivity contribution in [2.75, 3.05) is 26.2 Å². The Morgan fingerprint density at radius 2 is 1.74 bits per heavy atom. The number of halogens is 1. The molecule has 1 aromatic carbocycles. The number of benzene rings is 1. The summed E-state index contributed by atoms with van der Waals surface area (Å²) in [6, 6.07) is 13.9. The number of nitrogens with zero attached hydrogens (tertiary/aromatic N) is 5. The molecule has 2 atom stereocenters. The first-order valence-corrected chi connectivity index (χ1v) is 12.0. The molecule has 4 heterocycles. The van der Waals surface area contributed by atoms with E-state index in [2.05, 4.69) is 9.88 Å². The van der Waals surface area contributed by atoms with Crippen molar-refractivity contribution < 1.29 is 14.0 Å². The lowest BCUT2D eigenvalue weighted by Gasteiger charge is -2.38. The third-order valence-electron chi connectivity index (χ3n) is 6.62. The first kappa shape index (κ1) is 23.3. The number of hydrogen-bond acceptors (Lipinski definition) is 6. The van der Waals surface area contributed by atoms with E-state index in [-0.39, 0.29) is 23.9 Å². The van der Waals surface area contributed by atoms with Crippen molar-refractivity contribution >= 4 is 29.1 Å². The van der Waals surface area contributed by atoms with E-state index in [0.29, 0.717) is 48.9 Å². The van der Waals surface area contributed by atoms with Crippen LogP contribution in [0.15, 0.2) is 76.7 Å². The number of hydrogen-bond donors (Lipinski definition) is 0. The Morgan fingerprint density at radius 3 is 2.40 bits per heavy atom. The molecule has 35 heavy (non-hydrogen) atoms. The molecule has 3 aromatic rings. The number of hydrazone groups is 1. The average Bonchev–Trinajstić information content (AvgIpc) is 3.59. The Kier molecular flexibility index (Phi) is 6.66. The molecule has 1 saturated heterocycles. The molecule has 2 amide bonds. The predicted octanol–water partition coefficient (Wildman–Crippen LogP) is 3.85. The van der Waals surface area contributed by atoms with E-state index in [9.17, 15) is 9.59 Å². The van der Waals surface area contributed by atoms with Gasteiger partial charge in [-0.3, -0.25) is 19.5 Å². The molecule has 0 spiro atoms. The number of carbonyl (C=O) groups is 2. The van der Waals surface area contributed by atoms with Gasteiger partial charge in [-0.25, -0.2) is 5.01 Å². The van der Waals surface area contributed by atoms with Crippen molar-refractivity contribution in [3.05, 3.63) is 89.1 Å². The molecule has 180 valence electrons. The van der Waals surface area contributed by atoms with Crippen LogP contribution in [0, 0.1) is 0 Å². The maximum absolute atomic E-state index is 13.6. The maximum atomic E-state index is 13.6. The van der Waals surface area contributed by atoms with Crippen LogP contribution >= 0.6 is 11.6 Å². The van der Waals surface area contributed by atoms with Crippen LogP contribution in [0.25, 0.3) is 0 Å². The van der Waals surface area contributed by atoms with Crippen LogP contribution in [-0.4, -0.2) is 69.5 Å². The second kappa shape index (κ2) is 10.0. The standard InChI is InChI=1S/C26H26ClN5O3/c1-18(30-12-14-31(15-13-30)26(34)20-8-10-28-11-9-20)25(33)32-23(24-3-2-16-35-24)17-22(29-32)19-4-6-21(27)7-5-19/h2-11,16,18,23H,12-15,17H2,1H3/t18-,23+/m0/s1. The summed E-state index contributed by atoms with van der Waals surface area (Å²) in [4.78, 5) is 34.3. The number of carbonyl (C=O) groups excluding carboxylic acids is 2. The molecule has 2 aliphatic heterocycles. The molecular formula is C26H26ClN5O3. The van der Waals surface area contributed by atoms with Crippen LogP contribution in [0.3, 0.4) is 0 Å². The quantitative estimate of drug-likeness (QED) is 0.541. The fraction of sp³-hybridized carbons (Fsp3) is 0.308. The van der Waals surface area contributed by atoms with Gasteiger partial charge in [0.15, 0.2) is 0 Å². The number of furan rings is 1. The number of piperazine rings is 1. The number of amides is 2. The molecule has 0 bridgehead atoms. The first-order valence-electron chi connectivity index (χ1n) is 11.6. The van der Waals surface area contributed by atoms with Gasteiger partial charge in [0.25, 0.3) is 11.8 Å². The fourth-order valence-electron chi connectivity index (χ4n) is 4.57. The molecule has 2 aliphatic rings. The number of pyridine rings is 1. The Bertz CT molecular complexity index is 1210. The Labute approximate surface area is 208 Å². The van der Waals surface area contributed by atoms with Crippen molar-refractivity contribution in [3.8, 4) is 0 Å². The molecule has 0 radical (unpaired) electrons. The molecule has 8 nitrogen and oxygen atoms in total. The SMILES string of the molecule is C[C@@H](C(=O)N1N=C(c2ccc(Cl)cc2)C[C@@H]1c1ccco1)N1CCN(C(=O)c2ccncc2)CC1. The highest BCUT2D eigenvalue weighted by Crippen LogP contribution is 2.34. The molecule has 0 N–H and O–H groups in total. The second-order valence-electron chi connectivity index (χ2n) is 8.71. The highest BCUT2D eigenvalue weighted by atomic mass is 35.5. The van der Waals surface area contributed by atoms with Crippen molar-refractivity contribution in [1.29, 1.82) is 0 Å². The molecule has 5 rings (SSSR count).